The van der Waals surface area contributed by atoms with Gasteiger partial charge in [0.1, 0.15) is 0 Å². The van der Waals surface area contributed by atoms with Crippen LogP contribution >= 0.6 is 7.60 Å². The highest BCUT2D eigenvalue weighted by Crippen LogP contribution is 2.57. The lowest BCUT2D eigenvalue weighted by Crippen LogP contribution is -2.19. The molecule has 1 aromatic rings. The largest absolute Gasteiger partial charge is 0.366 e. The average Bonchev–Trinajstić information content (AvgIpc) is 2.83. The number of ketones is 1. The van der Waals surface area contributed by atoms with E-state index >= 15 is 0 Å². The van der Waals surface area contributed by atoms with Gasteiger partial charge in [-0.15, -0.1) is 0 Å². The van der Waals surface area contributed by atoms with E-state index in [2.05, 4.69) is 0 Å². The van der Waals surface area contributed by atoms with Gasteiger partial charge in [0.05, 0.1) is 19.3 Å². The van der Waals surface area contributed by atoms with Crippen LogP contribution in [0, 0.1) is 0 Å². The third-order valence-corrected chi connectivity index (χ3v) is 5.25. The van der Waals surface area contributed by atoms with E-state index in [-0.39, 0.29) is 31.5 Å². The molecule has 1 heterocycles. The second kappa shape index (κ2) is 6.64. The van der Waals surface area contributed by atoms with Crippen LogP contribution in [0.1, 0.15) is 31.9 Å². The van der Waals surface area contributed by atoms with Gasteiger partial charge in [-0.25, -0.2) is 0 Å². The molecule has 0 saturated carbocycles. The molecule has 6 heteroatoms. The van der Waals surface area contributed by atoms with E-state index in [0.717, 1.165) is 5.56 Å². The minimum atomic E-state index is -3.55. The van der Waals surface area contributed by atoms with Gasteiger partial charge in [-0.2, -0.15) is 0 Å². The smallest absolute Gasteiger partial charge is 0.350 e. The molecule has 0 bridgehead atoms. The van der Waals surface area contributed by atoms with Crippen LogP contribution in [0.2, 0.25) is 0 Å². The van der Waals surface area contributed by atoms with E-state index in [1.54, 1.807) is 13.8 Å². The Hall–Kier alpha value is -1.00. The van der Waals surface area contributed by atoms with Gasteiger partial charge in [0, 0.05) is 6.42 Å². The number of carbonyl (C=O) groups excluding carboxylic acids is 1. The number of carbonyl (C=O) groups is 1. The first-order chi connectivity index (χ1) is 9.60. The fourth-order valence-corrected chi connectivity index (χ4v) is 4.03. The molecular weight excluding hydrogens is 279 g/mol. The zero-order valence-corrected chi connectivity index (χ0v) is 12.5. The van der Waals surface area contributed by atoms with Crippen molar-refractivity contribution < 1.29 is 23.1 Å². The number of benzene rings is 1. The first kappa shape index (κ1) is 15.4. The summed E-state index contributed by atoms with van der Waals surface area (Å²) in [6, 6.07) is 9.41. The summed E-state index contributed by atoms with van der Waals surface area (Å²) in [5, 5.41) is 0. The van der Waals surface area contributed by atoms with Crippen molar-refractivity contribution in [2.75, 3.05) is 13.2 Å². The molecule has 0 spiro atoms. The minimum absolute atomic E-state index is 0.193. The van der Waals surface area contributed by atoms with E-state index in [1.807, 2.05) is 30.3 Å². The number of ether oxygens (including phenoxy) is 1. The molecule has 0 radical (unpaired) electrons. The highest BCUT2D eigenvalue weighted by Gasteiger charge is 2.48. The quantitative estimate of drug-likeness (QED) is 0.754. The Labute approximate surface area is 118 Å². The molecule has 0 N–H and O–H groups in total. The second-order valence-electron chi connectivity index (χ2n) is 4.43. The van der Waals surface area contributed by atoms with E-state index in [1.165, 1.54) is 0 Å². The number of rotatable bonds is 6. The molecular formula is C14H19O5P. The highest BCUT2D eigenvalue weighted by molar-refractivity contribution is 7.55. The molecule has 1 fully saturated rings. The first-order valence-corrected chi connectivity index (χ1v) is 8.33. The van der Waals surface area contributed by atoms with Crippen LogP contribution in [0.5, 0.6) is 0 Å². The maximum absolute atomic E-state index is 12.6. The summed E-state index contributed by atoms with van der Waals surface area (Å²) < 4.78 is 28.7. The Morgan fingerprint density at radius 1 is 1.20 bits per heavy atom. The summed E-state index contributed by atoms with van der Waals surface area (Å²) in [6.07, 6.45) is -0.193. The molecule has 1 saturated heterocycles. The Kier molecular flexibility index (Phi) is 5.11. The molecule has 2 rings (SSSR count). The molecule has 110 valence electrons. The summed E-state index contributed by atoms with van der Waals surface area (Å²) in [6.45, 7) is 3.83. The first-order valence-electron chi connectivity index (χ1n) is 6.72. The lowest BCUT2D eigenvalue weighted by Gasteiger charge is -2.22. The predicted octanol–water partition coefficient (Wildman–Crippen LogP) is 3.31. The second-order valence-corrected chi connectivity index (χ2v) is 6.50. The SMILES string of the molecule is CCOP(=O)(OCC)C1OC(c2ccccc2)CC1=O. The summed E-state index contributed by atoms with van der Waals surface area (Å²) in [7, 11) is -3.55. The van der Waals surface area contributed by atoms with Gasteiger partial charge in [-0.1, -0.05) is 30.3 Å². The number of hydrogen-bond donors (Lipinski definition) is 0. The van der Waals surface area contributed by atoms with E-state index in [9.17, 15) is 9.36 Å². The standard InChI is InChI=1S/C14H19O5P/c1-3-17-20(16,18-4-2)14-12(15)10-13(19-14)11-8-6-5-7-9-11/h5-9,13-14H,3-4,10H2,1-2H3. The summed E-state index contributed by atoms with van der Waals surface area (Å²) >= 11 is 0. The van der Waals surface area contributed by atoms with Crippen molar-refractivity contribution in [1.29, 1.82) is 0 Å². The van der Waals surface area contributed by atoms with Crippen LogP contribution < -0.4 is 0 Å². The molecule has 1 aliphatic heterocycles. The highest BCUT2D eigenvalue weighted by atomic mass is 31.2. The van der Waals surface area contributed by atoms with Crippen molar-refractivity contribution in [2.45, 2.75) is 32.2 Å². The van der Waals surface area contributed by atoms with Crippen LogP contribution in [0.25, 0.3) is 0 Å². The molecule has 0 amide bonds. The number of Topliss-reactive ketones (excluding diaryl/α,β-unsaturated/α-hetero) is 1. The number of hydrogen-bond acceptors (Lipinski definition) is 5. The molecule has 5 nitrogen and oxygen atoms in total. The van der Waals surface area contributed by atoms with E-state index < -0.39 is 13.4 Å². The van der Waals surface area contributed by atoms with Gasteiger partial charge in [0.25, 0.3) is 0 Å². The molecule has 1 aromatic carbocycles. The minimum Gasteiger partial charge on any atom is -0.350 e. The Morgan fingerprint density at radius 2 is 1.80 bits per heavy atom. The van der Waals surface area contributed by atoms with Crippen LogP contribution in [0.4, 0.5) is 0 Å². The molecule has 2 unspecified atom stereocenters. The monoisotopic (exact) mass is 298 g/mol. The van der Waals surface area contributed by atoms with Crippen molar-refractivity contribution in [3.63, 3.8) is 0 Å². The molecule has 0 aliphatic carbocycles. The Bertz CT molecular complexity index is 492. The summed E-state index contributed by atoms with van der Waals surface area (Å²) in [4.78, 5) is 12.1. The third-order valence-electron chi connectivity index (χ3n) is 3.03. The van der Waals surface area contributed by atoms with Crippen molar-refractivity contribution in [3.8, 4) is 0 Å². The van der Waals surface area contributed by atoms with Crippen molar-refractivity contribution in [3.05, 3.63) is 35.9 Å². The van der Waals surface area contributed by atoms with Crippen LogP contribution in [0.3, 0.4) is 0 Å². The van der Waals surface area contributed by atoms with Crippen molar-refractivity contribution in [1.82, 2.24) is 0 Å². The predicted molar refractivity (Wildman–Crippen MR) is 74.5 cm³/mol. The summed E-state index contributed by atoms with van der Waals surface area (Å²) in [5.41, 5.74) is 0.892. The third kappa shape index (κ3) is 3.18. The maximum Gasteiger partial charge on any atom is 0.366 e. The van der Waals surface area contributed by atoms with Gasteiger partial charge in [-0.05, 0) is 19.4 Å². The van der Waals surface area contributed by atoms with E-state index in [0.29, 0.717) is 0 Å². The van der Waals surface area contributed by atoms with Crippen molar-refractivity contribution in [2.24, 2.45) is 0 Å². The normalized spacial score (nSPS) is 23.2. The van der Waals surface area contributed by atoms with E-state index in [4.69, 9.17) is 13.8 Å². The maximum atomic E-state index is 12.6. The van der Waals surface area contributed by atoms with Crippen LogP contribution in [-0.4, -0.2) is 24.8 Å². The zero-order chi connectivity index (χ0) is 14.6. The lowest BCUT2D eigenvalue weighted by atomic mass is 10.1. The summed E-state index contributed by atoms with van der Waals surface area (Å²) in [5.74, 6) is -1.35. The lowest BCUT2D eigenvalue weighted by molar-refractivity contribution is -0.120. The van der Waals surface area contributed by atoms with Gasteiger partial charge >= 0.3 is 7.60 Å². The van der Waals surface area contributed by atoms with Crippen LogP contribution in [-0.2, 0) is 23.1 Å². The Morgan fingerprint density at radius 3 is 2.35 bits per heavy atom. The fraction of sp³-hybridized carbons (Fsp3) is 0.500. The van der Waals surface area contributed by atoms with Gasteiger partial charge < -0.3 is 13.8 Å². The molecule has 20 heavy (non-hydrogen) atoms. The van der Waals surface area contributed by atoms with Gasteiger partial charge in [0.15, 0.2) is 5.78 Å². The Balaban J connectivity index is 2.18. The topological polar surface area (TPSA) is 61.8 Å². The molecule has 0 aromatic heterocycles. The van der Waals surface area contributed by atoms with Crippen LogP contribution in [0.15, 0.2) is 30.3 Å². The van der Waals surface area contributed by atoms with Gasteiger partial charge in [-0.3, -0.25) is 9.36 Å². The average molecular weight is 298 g/mol. The zero-order valence-electron chi connectivity index (χ0n) is 11.7. The molecule has 2 atom stereocenters. The fourth-order valence-electron chi connectivity index (χ4n) is 2.21. The van der Waals surface area contributed by atoms with Gasteiger partial charge in [0.2, 0.25) is 5.85 Å². The van der Waals surface area contributed by atoms with Crippen molar-refractivity contribution >= 4 is 13.4 Å². The molecule has 1 aliphatic rings.